The second-order valence-corrected chi connectivity index (χ2v) is 7.26. The van der Waals surface area contributed by atoms with Gasteiger partial charge in [0.15, 0.2) is 5.82 Å². The second kappa shape index (κ2) is 5.26. The van der Waals surface area contributed by atoms with Crippen molar-refractivity contribution in [2.45, 2.75) is 24.7 Å². The molecule has 1 saturated heterocycles. The normalized spacial score (nSPS) is 21.5. The van der Waals surface area contributed by atoms with Crippen molar-refractivity contribution in [1.82, 2.24) is 4.31 Å². The van der Waals surface area contributed by atoms with Crippen LogP contribution in [0.3, 0.4) is 0 Å². The summed E-state index contributed by atoms with van der Waals surface area (Å²) in [6, 6.07) is 2.32. The molecule has 1 aliphatic rings. The van der Waals surface area contributed by atoms with Crippen LogP contribution in [-0.4, -0.2) is 25.8 Å². The topological polar surface area (TPSA) is 63.4 Å². The van der Waals surface area contributed by atoms with E-state index in [9.17, 15) is 12.8 Å². The minimum absolute atomic E-state index is 0.113. The van der Waals surface area contributed by atoms with Gasteiger partial charge in [0.25, 0.3) is 0 Å². The molecule has 106 valence electrons. The summed E-state index contributed by atoms with van der Waals surface area (Å²) >= 11 is 5.77. The summed E-state index contributed by atoms with van der Waals surface area (Å²) in [5.74, 6) is -0.661. The van der Waals surface area contributed by atoms with E-state index in [1.54, 1.807) is 0 Å². The van der Waals surface area contributed by atoms with Gasteiger partial charge in [-0.15, -0.1) is 0 Å². The zero-order chi connectivity index (χ0) is 14.2. The molecule has 7 heteroatoms. The molecular weight excluding hydrogens is 291 g/mol. The fourth-order valence-corrected chi connectivity index (χ4v) is 4.29. The van der Waals surface area contributed by atoms with E-state index in [-0.39, 0.29) is 16.6 Å². The number of sulfonamides is 1. The number of nitrogen functional groups attached to an aromatic ring is 1. The molecule has 1 aromatic rings. The molecule has 4 nitrogen and oxygen atoms in total. The third kappa shape index (κ3) is 2.85. The Labute approximate surface area is 117 Å². The van der Waals surface area contributed by atoms with Crippen LogP contribution in [0, 0.1) is 11.7 Å². The minimum atomic E-state index is -3.88. The molecule has 2 N–H and O–H groups in total. The van der Waals surface area contributed by atoms with Crippen molar-refractivity contribution < 1.29 is 12.8 Å². The van der Waals surface area contributed by atoms with Crippen LogP contribution in [0.5, 0.6) is 0 Å². The van der Waals surface area contributed by atoms with Crippen LogP contribution < -0.4 is 5.73 Å². The Morgan fingerprint density at radius 1 is 1.47 bits per heavy atom. The van der Waals surface area contributed by atoms with E-state index in [1.807, 2.05) is 6.92 Å². The van der Waals surface area contributed by atoms with Gasteiger partial charge in [-0.1, -0.05) is 18.5 Å². The number of halogens is 2. The number of nitrogens with two attached hydrogens (primary N) is 1. The number of hydrogen-bond donors (Lipinski definition) is 1. The standard InChI is InChI=1S/C12H16ClFN2O2S/c1-8-3-2-4-16(7-8)19(17,18)11-6-9(13)5-10(15)12(11)14/h5-6,8H,2-4,7,15H2,1H3. The van der Waals surface area contributed by atoms with Crippen molar-refractivity contribution in [3.63, 3.8) is 0 Å². The number of benzene rings is 1. The lowest BCUT2D eigenvalue weighted by Crippen LogP contribution is -2.39. The van der Waals surface area contributed by atoms with Gasteiger partial charge in [0.05, 0.1) is 5.69 Å². The average molecular weight is 307 g/mol. The Morgan fingerprint density at radius 3 is 2.79 bits per heavy atom. The maximum atomic E-state index is 13.9. The van der Waals surface area contributed by atoms with E-state index in [4.69, 9.17) is 17.3 Å². The fraction of sp³-hybridized carbons (Fsp3) is 0.500. The van der Waals surface area contributed by atoms with Gasteiger partial charge < -0.3 is 5.73 Å². The first kappa shape index (κ1) is 14.6. The number of piperidine rings is 1. The average Bonchev–Trinajstić information content (AvgIpc) is 2.33. The molecule has 1 unspecified atom stereocenters. The van der Waals surface area contributed by atoms with Crippen molar-refractivity contribution in [2.75, 3.05) is 18.8 Å². The van der Waals surface area contributed by atoms with Gasteiger partial charge in [-0.25, -0.2) is 12.8 Å². The van der Waals surface area contributed by atoms with Gasteiger partial charge in [-0.2, -0.15) is 4.31 Å². The molecule has 0 saturated carbocycles. The summed E-state index contributed by atoms with van der Waals surface area (Å²) in [5.41, 5.74) is 5.18. The Hall–Kier alpha value is -0.850. The molecule has 19 heavy (non-hydrogen) atoms. The molecule has 1 aliphatic heterocycles. The van der Waals surface area contributed by atoms with E-state index in [1.165, 1.54) is 10.4 Å². The molecule has 0 radical (unpaired) electrons. The molecular formula is C12H16ClFN2O2S. The number of rotatable bonds is 2. The lowest BCUT2D eigenvalue weighted by atomic mass is 10.0. The first-order chi connectivity index (χ1) is 8.82. The summed E-state index contributed by atoms with van der Waals surface area (Å²) in [4.78, 5) is -0.438. The third-order valence-corrected chi connectivity index (χ3v) is 5.35. The van der Waals surface area contributed by atoms with Gasteiger partial charge in [0.1, 0.15) is 4.90 Å². The zero-order valence-corrected chi connectivity index (χ0v) is 12.1. The molecule has 1 fully saturated rings. The smallest absolute Gasteiger partial charge is 0.246 e. The zero-order valence-electron chi connectivity index (χ0n) is 10.6. The predicted molar refractivity (Wildman–Crippen MR) is 73.0 cm³/mol. The first-order valence-electron chi connectivity index (χ1n) is 6.07. The van der Waals surface area contributed by atoms with Gasteiger partial charge in [0.2, 0.25) is 10.0 Å². The Morgan fingerprint density at radius 2 is 2.16 bits per heavy atom. The van der Waals surface area contributed by atoms with Crippen molar-refractivity contribution in [2.24, 2.45) is 5.92 Å². The highest BCUT2D eigenvalue weighted by Crippen LogP contribution is 2.29. The Bertz CT molecular complexity index is 592. The monoisotopic (exact) mass is 306 g/mol. The predicted octanol–water partition coefficient (Wildman–Crippen LogP) is 2.48. The van der Waals surface area contributed by atoms with E-state index in [0.29, 0.717) is 13.1 Å². The number of nitrogens with zero attached hydrogens (tertiary/aromatic N) is 1. The molecule has 0 amide bonds. The molecule has 1 aromatic carbocycles. The largest absolute Gasteiger partial charge is 0.396 e. The summed E-state index contributed by atoms with van der Waals surface area (Å²) < 4.78 is 40.1. The third-order valence-electron chi connectivity index (χ3n) is 3.27. The van der Waals surface area contributed by atoms with Crippen LogP contribution in [0.2, 0.25) is 5.02 Å². The summed E-state index contributed by atoms with van der Waals surface area (Å²) in [6.07, 6.45) is 1.75. The number of hydrogen-bond acceptors (Lipinski definition) is 3. The first-order valence-corrected chi connectivity index (χ1v) is 7.89. The highest BCUT2D eigenvalue weighted by atomic mass is 35.5. The minimum Gasteiger partial charge on any atom is -0.396 e. The van der Waals surface area contributed by atoms with Gasteiger partial charge in [-0.3, -0.25) is 0 Å². The molecule has 0 spiro atoms. The lowest BCUT2D eigenvalue weighted by Gasteiger charge is -2.30. The van der Waals surface area contributed by atoms with Crippen molar-refractivity contribution in [1.29, 1.82) is 0 Å². The maximum absolute atomic E-state index is 13.9. The van der Waals surface area contributed by atoms with Gasteiger partial charge in [-0.05, 0) is 30.9 Å². The highest BCUT2D eigenvalue weighted by molar-refractivity contribution is 7.89. The second-order valence-electron chi connectivity index (χ2n) is 4.92. The molecule has 1 atom stereocenters. The van der Waals surface area contributed by atoms with Crippen LogP contribution in [0.4, 0.5) is 10.1 Å². The van der Waals surface area contributed by atoms with Crippen molar-refractivity contribution in [3.05, 3.63) is 23.0 Å². The van der Waals surface area contributed by atoms with E-state index in [0.717, 1.165) is 18.9 Å². The summed E-state index contributed by atoms with van der Waals surface area (Å²) in [6.45, 7) is 2.77. The fourth-order valence-electron chi connectivity index (χ4n) is 2.28. The molecule has 2 rings (SSSR count). The Kier molecular flexibility index (Phi) is 4.03. The number of anilines is 1. The SMILES string of the molecule is CC1CCCN(S(=O)(=O)c2cc(Cl)cc(N)c2F)C1. The van der Waals surface area contributed by atoms with E-state index < -0.39 is 20.7 Å². The van der Waals surface area contributed by atoms with Crippen LogP contribution in [-0.2, 0) is 10.0 Å². The van der Waals surface area contributed by atoms with Crippen LogP contribution >= 0.6 is 11.6 Å². The molecule has 1 heterocycles. The van der Waals surface area contributed by atoms with E-state index in [2.05, 4.69) is 0 Å². The summed E-state index contributed by atoms with van der Waals surface area (Å²) in [5, 5.41) is 0.113. The van der Waals surface area contributed by atoms with Crippen LogP contribution in [0.25, 0.3) is 0 Å². The quantitative estimate of drug-likeness (QED) is 0.854. The van der Waals surface area contributed by atoms with Gasteiger partial charge in [0, 0.05) is 18.1 Å². The highest BCUT2D eigenvalue weighted by Gasteiger charge is 2.31. The van der Waals surface area contributed by atoms with Crippen LogP contribution in [0.15, 0.2) is 17.0 Å². The Balaban J connectivity index is 2.45. The summed E-state index contributed by atoms with van der Waals surface area (Å²) in [7, 11) is -3.88. The van der Waals surface area contributed by atoms with Crippen molar-refractivity contribution >= 4 is 27.3 Å². The molecule has 0 aliphatic carbocycles. The van der Waals surface area contributed by atoms with Gasteiger partial charge >= 0.3 is 0 Å². The molecule has 0 aromatic heterocycles. The van der Waals surface area contributed by atoms with Crippen LogP contribution in [0.1, 0.15) is 19.8 Å². The molecule has 0 bridgehead atoms. The lowest BCUT2D eigenvalue weighted by molar-refractivity contribution is 0.280. The van der Waals surface area contributed by atoms with E-state index >= 15 is 0 Å². The maximum Gasteiger partial charge on any atom is 0.246 e. The van der Waals surface area contributed by atoms with Crippen molar-refractivity contribution in [3.8, 4) is 0 Å².